The maximum absolute atomic E-state index is 12.6. The fourth-order valence-electron chi connectivity index (χ4n) is 2.86. The maximum atomic E-state index is 12.6. The summed E-state index contributed by atoms with van der Waals surface area (Å²) >= 11 is 1.35. The molecule has 1 fully saturated rings. The van der Waals surface area contributed by atoms with Crippen LogP contribution in [0.25, 0.3) is 10.2 Å². The first-order valence-corrected chi connectivity index (χ1v) is 7.86. The predicted molar refractivity (Wildman–Crippen MR) is 84.5 cm³/mol. The predicted octanol–water partition coefficient (Wildman–Crippen LogP) is 2.03. The van der Waals surface area contributed by atoms with E-state index >= 15 is 0 Å². The van der Waals surface area contributed by atoms with Gasteiger partial charge in [-0.25, -0.2) is 4.98 Å². The number of aromatic nitrogens is 1. The van der Waals surface area contributed by atoms with Gasteiger partial charge in [0.1, 0.15) is 9.71 Å². The summed E-state index contributed by atoms with van der Waals surface area (Å²) in [6.45, 7) is 2.64. The Morgan fingerprint density at radius 2 is 2.29 bits per heavy atom. The molecule has 0 bridgehead atoms. The summed E-state index contributed by atoms with van der Waals surface area (Å²) in [5, 5.41) is 10.2. The van der Waals surface area contributed by atoms with Crippen molar-refractivity contribution in [3.8, 4) is 0 Å². The zero-order valence-corrected chi connectivity index (χ0v) is 13.0. The highest BCUT2D eigenvalue weighted by Gasteiger charge is 2.30. The second kappa shape index (κ2) is 5.27. The monoisotopic (exact) mass is 305 g/mol. The zero-order valence-electron chi connectivity index (χ0n) is 12.2. The van der Waals surface area contributed by atoms with Crippen LogP contribution in [0.15, 0.2) is 12.3 Å². The molecule has 0 aliphatic heterocycles. The van der Waals surface area contributed by atoms with Gasteiger partial charge in [0, 0.05) is 25.2 Å². The standard InChI is InChI=1S/C15H19N3O2S/c1-8-3-4-17-14-11(8)12(16)13(21-14)15(20)18(2)7-9-5-10(19)6-9/h3-4,9-10,19H,5-7,16H2,1-2H3. The van der Waals surface area contributed by atoms with Crippen LogP contribution in [-0.2, 0) is 0 Å². The molecule has 2 aromatic heterocycles. The van der Waals surface area contributed by atoms with E-state index in [-0.39, 0.29) is 12.0 Å². The third-order valence-corrected chi connectivity index (χ3v) is 5.22. The van der Waals surface area contributed by atoms with Crippen LogP contribution in [0.2, 0.25) is 0 Å². The van der Waals surface area contributed by atoms with Crippen LogP contribution in [0.5, 0.6) is 0 Å². The lowest BCUT2D eigenvalue weighted by Crippen LogP contribution is -2.39. The van der Waals surface area contributed by atoms with Crippen molar-refractivity contribution in [2.75, 3.05) is 19.3 Å². The summed E-state index contributed by atoms with van der Waals surface area (Å²) in [7, 11) is 1.79. The summed E-state index contributed by atoms with van der Waals surface area (Å²) in [5.74, 6) is 0.334. The lowest BCUT2D eigenvalue weighted by Gasteiger charge is -2.34. The number of nitrogens with zero attached hydrogens (tertiary/aromatic N) is 2. The third kappa shape index (κ3) is 2.49. The van der Waals surface area contributed by atoms with E-state index in [1.807, 2.05) is 13.0 Å². The summed E-state index contributed by atoms with van der Waals surface area (Å²) < 4.78 is 0. The fraction of sp³-hybridized carbons (Fsp3) is 0.467. The number of aryl methyl sites for hydroxylation is 1. The molecule has 2 heterocycles. The molecule has 2 aromatic rings. The number of hydrogen-bond acceptors (Lipinski definition) is 5. The number of thiophene rings is 1. The van der Waals surface area contributed by atoms with Crippen molar-refractivity contribution in [2.24, 2.45) is 5.92 Å². The van der Waals surface area contributed by atoms with Gasteiger partial charge in [0.25, 0.3) is 5.91 Å². The van der Waals surface area contributed by atoms with E-state index in [1.165, 1.54) is 11.3 Å². The molecule has 1 aliphatic rings. The number of pyridine rings is 1. The van der Waals surface area contributed by atoms with Crippen LogP contribution in [0.4, 0.5) is 5.69 Å². The van der Waals surface area contributed by atoms with Crippen LogP contribution < -0.4 is 5.73 Å². The van der Waals surface area contributed by atoms with Crippen molar-refractivity contribution in [1.82, 2.24) is 9.88 Å². The van der Waals surface area contributed by atoms with Crippen molar-refractivity contribution in [3.63, 3.8) is 0 Å². The Balaban J connectivity index is 1.84. The summed E-state index contributed by atoms with van der Waals surface area (Å²) in [5.41, 5.74) is 7.73. The molecule has 112 valence electrons. The Hall–Kier alpha value is -1.66. The Morgan fingerprint density at radius 1 is 1.57 bits per heavy atom. The molecule has 0 saturated heterocycles. The van der Waals surface area contributed by atoms with Gasteiger partial charge in [-0.05, 0) is 37.3 Å². The molecular formula is C15H19N3O2S. The summed E-state index contributed by atoms with van der Waals surface area (Å²) in [6, 6.07) is 1.90. The van der Waals surface area contributed by atoms with Gasteiger partial charge >= 0.3 is 0 Å². The molecule has 0 aromatic carbocycles. The normalized spacial score (nSPS) is 21.3. The fourth-order valence-corrected chi connectivity index (χ4v) is 3.99. The molecule has 5 nitrogen and oxygen atoms in total. The summed E-state index contributed by atoms with van der Waals surface area (Å²) in [4.78, 5) is 19.9. The van der Waals surface area contributed by atoms with Gasteiger partial charge in [0.05, 0.1) is 11.8 Å². The highest BCUT2D eigenvalue weighted by atomic mass is 32.1. The second-order valence-corrected chi connectivity index (χ2v) is 6.83. The minimum atomic E-state index is -0.195. The Morgan fingerprint density at radius 3 is 2.90 bits per heavy atom. The number of nitrogen functional groups attached to an aromatic ring is 1. The van der Waals surface area contributed by atoms with Gasteiger partial charge in [0.15, 0.2) is 0 Å². The second-order valence-electron chi connectivity index (χ2n) is 5.83. The zero-order chi connectivity index (χ0) is 15.1. The maximum Gasteiger partial charge on any atom is 0.265 e. The average Bonchev–Trinajstić information content (AvgIpc) is 2.74. The van der Waals surface area contributed by atoms with Gasteiger partial charge in [-0.3, -0.25) is 4.79 Å². The molecule has 1 saturated carbocycles. The Bertz CT molecular complexity index is 692. The molecule has 1 amide bonds. The van der Waals surface area contributed by atoms with Gasteiger partial charge in [-0.1, -0.05) is 0 Å². The lowest BCUT2D eigenvalue weighted by atomic mass is 9.82. The van der Waals surface area contributed by atoms with Crippen molar-refractivity contribution >= 4 is 33.1 Å². The van der Waals surface area contributed by atoms with E-state index in [9.17, 15) is 9.90 Å². The highest BCUT2D eigenvalue weighted by molar-refractivity contribution is 7.21. The van der Waals surface area contributed by atoms with E-state index in [2.05, 4.69) is 4.98 Å². The third-order valence-electron chi connectivity index (χ3n) is 4.12. The molecule has 1 aliphatic carbocycles. The SMILES string of the molecule is Cc1ccnc2sc(C(=O)N(C)CC3CC(O)C3)c(N)c12. The largest absolute Gasteiger partial charge is 0.397 e. The molecule has 0 radical (unpaired) electrons. The van der Waals surface area contributed by atoms with Crippen LogP contribution in [0.1, 0.15) is 28.1 Å². The number of fused-ring (bicyclic) bond motifs is 1. The van der Waals surface area contributed by atoms with Crippen molar-refractivity contribution in [3.05, 3.63) is 22.7 Å². The van der Waals surface area contributed by atoms with Crippen LogP contribution in [0, 0.1) is 12.8 Å². The Kier molecular flexibility index (Phi) is 3.59. The minimum Gasteiger partial charge on any atom is -0.397 e. The number of hydrogen-bond donors (Lipinski definition) is 2. The van der Waals surface area contributed by atoms with Gasteiger partial charge in [-0.15, -0.1) is 11.3 Å². The van der Waals surface area contributed by atoms with Gasteiger partial charge in [-0.2, -0.15) is 0 Å². The quantitative estimate of drug-likeness (QED) is 0.909. The molecule has 3 rings (SSSR count). The van der Waals surface area contributed by atoms with Crippen LogP contribution in [0.3, 0.4) is 0 Å². The smallest absolute Gasteiger partial charge is 0.265 e. The van der Waals surface area contributed by atoms with Crippen molar-refractivity contribution in [1.29, 1.82) is 0 Å². The van der Waals surface area contributed by atoms with E-state index in [1.54, 1.807) is 18.1 Å². The minimum absolute atomic E-state index is 0.0590. The molecule has 6 heteroatoms. The molecule has 0 unspecified atom stereocenters. The first-order chi connectivity index (χ1) is 9.97. The number of carbonyl (C=O) groups is 1. The van der Waals surface area contributed by atoms with Crippen LogP contribution >= 0.6 is 11.3 Å². The van der Waals surface area contributed by atoms with Crippen LogP contribution in [-0.4, -0.2) is 40.6 Å². The molecule has 3 N–H and O–H groups in total. The number of anilines is 1. The summed E-state index contributed by atoms with van der Waals surface area (Å²) in [6.07, 6.45) is 3.10. The number of carbonyl (C=O) groups excluding carboxylic acids is 1. The number of aliphatic hydroxyl groups is 1. The molecule has 0 spiro atoms. The number of nitrogens with two attached hydrogens (primary N) is 1. The van der Waals surface area contributed by atoms with E-state index in [4.69, 9.17) is 5.73 Å². The molecular weight excluding hydrogens is 286 g/mol. The van der Waals surface area contributed by atoms with Gasteiger partial charge in [0.2, 0.25) is 0 Å². The highest BCUT2D eigenvalue weighted by Crippen LogP contribution is 2.35. The Labute approximate surface area is 127 Å². The number of amides is 1. The van der Waals surface area contributed by atoms with E-state index in [0.29, 0.717) is 23.0 Å². The van der Waals surface area contributed by atoms with Crippen molar-refractivity contribution in [2.45, 2.75) is 25.9 Å². The molecule has 21 heavy (non-hydrogen) atoms. The number of aliphatic hydroxyl groups excluding tert-OH is 1. The average molecular weight is 305 g/mol. The molecule has 0 atom stereocenters. The topological polar surface area (TPSA) is 79.5 Å². The lowest BCUT2D eigenvalue weighted by molar-refractivity contribution is 0.0267. The van der Waals surface area contributed by atoms with E-state index in [0.717, 1.165) is 28.6 Å². The van der Waals surface area contributed by atoms with E-state index < -0.39 is 0 Å². The van der Waals surface area contributed by atoms with Gasteiger partial charge < -0.3 is 15.7 Å². The number of rotatable bonds is 3. The first-order valence-electron chi connectivity index (χ1n) is 7.04. The first kappa shape index (κ1) is 14.3. The van der Waals surface area contributed by atoms with Crippen molar-refractivity contribution < 1.29 is 9.90 Å².